The first-order chi connectivity index (χ1) is 10.9. The van der Waals surface area contributed by atoms with Crippen molar-refractivity contribution in [2.45, 2.75) is 59.4 Å². The Balaban J connectivity index is 1.71. The van der Waals surface area contributed by atoms with Crippen molar-refractivity contribution in [1.82, 2.24) is 14.9 Å². The summed E-state index contributed by atoms with van der Waals surface area (Å²) in [6, 6.07) is 0. The van der Waals surface area contributed by atoms with Gasteiger partial charge in [-0.2, -0.15) is 0 Å². The van der Waals surface area contributed by atoms with Crippen molar-refractivity contribution >= 4 is 12.2 Å². The summed E-state index contributed by atoms with van der Waals surface area (Å²) < 4.78 is 0.437. The van der Waals surface area contributed by atoms with Crippen LogP contribution in [0.2, 0.25) is 0 Å². The van der Waals surface area contributed by atoms with Crippen LogP contribution in [-0.4, -0.2) is 28.0 Å². The lowest BCUT2D eigenvalue weighted by Crippen LogP contribution is -2.37. The molecule has 0 amide bonds. The summed E-state index contributed by atoms with van der Waals surface area (Å²) in [6.07, 6.45) is 5.85. The molecule has 3 rings (SSSR count). The second kappa shape index (κ2) is 6.36. The van der Waals surface area contributed by atoms with Gasteiger partial charge in [0, 0.05) is 31.7 Å². The molecule has 0 fully saturated rings. The van der Waals surface area contributed by atoms with Gasteiger partial charge in [-0.05, 0) is 50.2 Å². The molecule has 4 nitrogen and oxygen atoms in total. The van der Waals surface area contributed by atoms with Gasteiger partial charge in [0.1, 0.15) is 0 Å². The summed E-state index contributed by atoms with van der Waals surface area (Å²) in [5.74, 6) is 0. The Bertz CT molecular complexity index is 741. The maximum atomic E-state index is 12.1. The fourth-order valence-electron chi connectivity index (χ4n) is 4.20. The summed E-state index contributed by atoms with van der Waals surface area (Å²) >= 11 is 5.06. The van der Waals surface area contributed by atoms with E-state index in [9.17, 15) is 4.79 Å². The smallest absolute Gasteiger partial charge is 0.256 e. The number of rotatable bonds is 3. The van der Waals surface area contributed by atoms with E-state index in [0.717, 1.165) is 43.7 Å². The Kier molecular flexibility index (Phi) is 4.61. The molecule has 1 aromatic heterocycles. The van der Waals surface area contributed by atoms with Gasteiger partial charge in [-0.15, -0.1) is 0 Å². The number of hydrogen-bond donors (Lipinski definition) is 2. The van der Waals surface area contributed by atoms with Gasteiger partial charge in [0.15, 0.2) is 4.77 Å². The molecule has 1 aliphatic carbocycles. The minimum Gasteiger partial charge on any atom is -0.335 e. The molecule has 23 heavy (non-hydrogen) atoms. The number of fused-ring (bicyclic) bond motifs is 1. The molecule has 0 saturated heterocycles. The lowest BCUT2D eigenvalue weighted by atomic mass is 9.71. The number of aromatic nitrogens is 2. The van der Waals surface area contributed by atoms with Gasteiger partial charge in [0.2, 0.25) is 0 Å². The molecule has 2 N–H and O–H groups in total. The number of aromatic amines is 2. The van der Waals surface area contributed by atoms with Crippen LogP contribution in [0.5, 0.6) is 0 Å². The molecule has 5 heteroatoms. The van der Waals surface area contributed by atoms with Crippen LogP contribution in [-0.2, 0) is 13.0 Å². The lowest BCUT2D eigenvalue weighted by molar-refractivity contribution is 0.241. The van der Waals surface area contributed by atoms with E-state index >= 15 is 0 Å². The predicted molar refractivity (Wildman–Crippen MR) is 96.2 cm³/mol. The third kappa shape index (κ3) is 3.50. The quantitative estimate of drug-likeness (QED) is 0.655. The fourth-order valence-corrected chi connectivity index (χ4v) is 4.42. The summed E-state index contributed by atoms with van der Waals surface area (Å²) in [5.41, 5.74) is 5.40. The summed E-state index contributed by atoms with van der Waals surface area (Å²) in [4.78, 5) is 20.4. The Morgan fingerprint density at radius 2 is 2.04 bits per heavy atom. The molecule has 0 spiro atoms. The molecule has 1 aromatic rings. The lowest BCUT2D eigenvalue weighted by Gasteiger charge is -2.36. The standard InChI is InChI=1S/C18H27N3OS/c1-12-5-4-8-18(2,3)14(12)6-9-21-10-7-15-13(11-21)16(22)20-17(23)19-15/h4-11H2,1-3H3,(H2,19,20,22,23). The summed E-state index contributed by atoms with van der Waals surface area (Å²) in [7, 11) is 0. The zero-order chi connectivity index (χ0) is 16.6. The van der Waals surface area contributed by atoms with E-state index in [1.807, 2.05) is 0 Å². The van der Waals surface area contributed by atoms with Crippen LogP contribution in [0, 0.1) is 10.2 Å². The van der Waals surface area contributed by atoms with Crippen LogP contribution in [0.4, 0.5) is 0 Å². The molecule has 0 aromatic carbocycles. The largest absolute Gasteiger partial charge is 0.335 e. The highest BCUT2D eigenvalue weighted by Gasteiger charge is 2.29. The number of hydrogen-bond acceptors (Lipinski definition) is 3. The first-order valence-electron chi connectivity index (χ1n) is 8.62. The minimum atomic E-state index is -0.0261. The van der Waals surface area contributed by atoms with Gasteiger partial charge in [-0.25, -0.2) is 0 Å². The van der Waals surface area contributed by atoms with Crippen LogP contribution in [0.15, 0.2) is 15.9 Å². The van der Waals surface area contributed by atoms with Gasteiger partial charge >= 0.3 is 0 Å². The molecular formula is C18H27N3OS. The van der Waals surface area contributed by atoms with E-state index in [4.69, 9.17) is 12.2 Å². The van der Waals surface area contributed by atoms with E-state index in [0.29, 0.717) is 10.2 Å². The second-order valence-electron chi connectivity index (χ2n) is 7.64. The van der Waals surface area contributed by atoms with Crippen LogP contribution in [0.1, 0.15) is 57.7 Å². The highest BCUT2D eigenvalue weighted by molar-refractivity contribution is 7.71. The highest BCUT2D eigenvalue weighted by Crippen LogP contribution is 2.41. The third-order valence-corrected chi connectivity index (χ3v) is 5.76. The van der Waals surface area contributed by atoms with Gasteiger partial charge in [-0.1, -0.05) is 25.0 Å². The van der Waals surface area contributed by atoms with Crippen molar-refractivity contribution in [2.75, 3.05) is 13.1 Å². The van der Waals surface area contributed by atoms with Crippen LogP contribution >= 0.6 is 12.2 Å². The van der Waals surface area contributed by atoms with Gasteiger partial charge < -0.3 is 4.98 Å². The Labute approximate surface area is 143 Å². The van der Waals surface area contributed by atoms with E-state index in [2.05, 4.69) is 35.6 Å². The van der Waals surface area contributed by atoms with Crippen molar-refractivity contribution in [1.29, 1.82) is 0 Å². The Morgan fingerprint density at radius 1 is 1.26 bits per heavy atom. The van der Waals surface area contributed by atoms with E-state index in [1.54, 1.807) is 11.1 Å². The minimum absolute atomic E-state index is 0.0261. The molecule has 2 aliphatic rings. The van der Waals surface area contributed by atoms with Gasteiger partial charge in [0.25, 0.3) is 5.56 Å². The van der Waals surface area contributed by atoms with Gasteiger partial charge in [-0.3, -0.25) is 14.7 Å². The molecule has 0 radical (unpaired) electrons. The zero-order valence-electron chi connectivity index (χ0n) is 14.4. The van der Waals surface area contributed by atoms with Crippen molar-refractivity contribution in [3.8, 4) is 0 Å². The monoisotopic (exact) mass is 333 g/mol. The normalized spacial score (nSPS) is 21.3. The molecule has 0 bridgehead atoms. The topological polar surface area (TPSA) is 51.9 Å². The molecule has 0 atom stereocenters. The fraction of sp³-hybridized carbons (Fsp3) is 0.667. The van der Waals surface area contributed by atoms with Crippen LogP contribution in [0.25, 0.3) is 0 Å². The van der Waals surface area contributed by atoms with E-state index in [-0.39, 0.29) is 5.56 Å². The number of H-pyrrole nitrogens is 2. The summed E-state index contributed by atoms with van der Waals surface area (Å²) in [5, 5.41) is 0. The average molecular weight is 334 g/mol. The van der Waals surface area contributed by atoms with E-state index < -0.39 is 0 Å². The van der Waals surface area contributed by atoms with Crippen molar-refractivity contribution in [3.05, 3.63) is 37.5 Å². The van der Waals surface area contributed by atoms with Crippen molar-refractivity contribution in [3.63, 3.8) is 0 Å². The molecule has 2 heterocycles. The number of nitrogens with one attached hydrogen (secondary N) is 2. The van der Waals surface area contributed by atoms with Gasteiger partial charge in [0.05, 0.1) is 5.56 Å². The Morgan fingerprint density at radius 3 is 2.78 bits per heavy atom. The van der Waals surface area contributed by atoms with Crippen LogP contribution in [0.3, 0.4) is 0 Å². The number of nitrogens with zero attached hydrogens (tertiary/aromatic N) is 1. The van der Waals surface area contributed by atoms with Crippen molar-refractivity contribution < 1.29 is 0 Å². The average Bonchev–Trinajstić information content (AvgIpc) is 2.46. The highest BCUT2D eigenvalue weighted by atomic mass is 32.1. The van der Waals surface area contributed by atoms with Crippen LogP contribution < -0.4 is 5.56 Å². The Hall–Kier alpha value is -1.20. The number of allylic oxidation sites excluding steroid dienone is 1. The molecule has 0 saturated carbocycles. The molecule has 0 unspecified atom stereocenters. The molecule has 1 aliphatic heterocycles. The third-order valence-electron chi connectivity index (χ3n) is 5.55. The van der Waals surface area contributed by atoms with Crippen molar-refractivity contribution in [2.24, 2.45) is 5.41 Å². The summed E-state index contributed by atoms with van der Waals surface area (Å²) in [6.45, 7) is 9.80. The molecular weight excluding hydrogens is 306 g/mol. The van der Waals surface area contributed by atoms with E-state index in [1.165, 1.54) is 19.3 Å². The maximum Gasteiger partial charge on any atom is 0.256 e. The first-order valence-corrected chi connectivity index (χ1v) is 9.03. The maximum absolute atomic E-state index is 12.1. The molecule has 126 valence electrons. The second-order valence-corrected chi connectivity index (χ2v) is 8.05. The predicted octanol–water partition coefficient (Wildman–Crippen LogP) is 3.71. The SMILES string of the molecule is CC1=C(CCN2CCc3[nH]c(=S)[nH]c(=O)c3C2)C(C)(C)CCC1. The zero-order valence-corrected chi connectivity index (χ0v) is 15.2. The first kappa shape index (κ1) is 16.7.